The van der Waals surface area contributed by atoms with Crippen molar-refractivity contribution in [2.24, 2.45) is 5.41 Å². The number of carboxylic acids is 1. The van der Waals surface area contributed by atoms with Crippen LogP contribution < -0.4 is 0 Å². The molecule has 5 nitrogen and oxygen atoms in total. The highest BCUT2D eigenvalue weighted by Gasteiger charge is 2.75. The zero-order valence-corrected chi connectivity index (χ0v) is 15.7. The van der Waals surface area contributed by atoms with Crippen molar-refractivity contribution >= 4 is 27.4 Å². The number of hydrogen-bond donors (Lipinski definition) is 2. The fourth-order valence-electron chi connectivity index (χ4n) is 3.58. The highest BCUT2D eigenvalue weighted by molar-refractivity contribution is 7.92. The second-order valence-corrected chi connectivity index (χ2v) is 9.00. The van der Waals surface area contributed by atoms with Crippen molar-refractivity contribution < 1.29 is 23.4 Å². The molecule has 0 aromatic heterocycles. The third-order valence-corrected chi connectivity index (χ3v) is 7.68. The molecule has 7 heteroatoms. The number of rotatable bonds is 6. The minimum Gasteiger partial charge on any atom is -0.481 e. The Labute approximate surface area is 157 Å². The van der Waals surface area contributed by atoms with Crippen molar-refractivity contribution in [1.29, 1.82) is 0 Å². The average molecular weight is 395 g/mol. The van der Waals surface area contributed by atoms with Gasteiger partial charge in [-0.1, -0.05) is 42.8 Å². The van der Waals surface area contributed by atoms with E-state index in [4.69, 9.17) is 11.6 Å². The molecule has 0 spiro atoms. The Kier molecular flexibility index (Phi) is 4.86. The van der Waals surface area contributed by atoms with Gasteiger partial charge in [0.05, 0.1) is 16.8 Å². The molecule has 0 heterocycles. The standard InChI is InChI=1S/C19H19ClO5S/c1-2-12-3-5-13(6-4-12)16-17(19(16,11-21)18(22)23)26(24,25)15-9-7-14(20)8-10-15/h3-10,16-17,21H,2,11H2,1H3,(H,22,23)/t16-,17+,19-/m0/s1. The predicted octanol–water partition coefficient (Wildman–Crippen LogP) is 2.91. The van der Waals surface area contributed by atoms with Crippen LogP contribution in [-0.4, -0.2) is 36.5 Å². The van der Waals surface area contributed by atoms with Crippen LogP contribution in [0.5, 0.6) is 0 Å². The summed E-state index contributed by atoms with van der Waals surface area (Å²) in [6, 6.07) is 12.8. The molecule has 2 N–H and O–H groups in total. The van der Waals surface area contributed by atoms with E-state index in [0.717, 1.165) is 12.0 Å². The molecular weight excluding hydrogens is 376 g/mol. The Morgan fingerprint density at radius 3 is 2.15 bits per heavy atom. The quantitative estimate of drug-likeness (QED) is 0.786. The summed E-state index contributed by atoms with van der Waals surface area (Å²) in [6.45, 7) is 1.25. The highest BCUT2D eigenvalue weighted by Crippen LogP contribution is 2.64. The van der Waals surface area contributed by atoms with Crippen LogP contribution >= 0.6 is 11.6 Å². The first-order valence-corrected chi connectivity index (χ1v) is 10.1. The summed E-state index contributed by atoms with van der Waals surface area (Å²) < 4.78 is 26.1. The highest BCUT2D eigenvalue weighted by atomic mass is 35.5. The molecule has 1 aliphatic carbocycles. The predicted molar refractivity (Wildman–Crippen MR) is 98.1 cm³/mol. The van der Waals surface area contributed by atoms with Crippen molar-refractivity contribution in [3.63, 3.8) is 0 Å². The summed E-state index contributed by atoms with van der Waals surface area (Å²) in [4.78, 5) is 11.9. The Morgan fingerprint density at radius 1 is 1.12 bits per heavy atom. The van der Waals surface area contributed by atoms with E-state index in [1.54, 1.807) is 12.1 Å². The van der Waals surface area contributed by atoms with Crippen molar-refractivity contribution in [1.82, 2.24) is 0 Å². The number of aliphatic hydroxyl groups is 1. The topological polar surface area (TPSA) is 91.7 Å². The number of carboxylic acid groups (broad SMARTS) is 1. The van der Waals surface area contributed by atoms with Gasteiger partial charge in [0.2, 0.25) is 0 Å². The minimum absolute atomic E-state index is 0.00125. The van der Waals surface area contributed by atoms with Gasteiger partial charge in [-0.2, -0.15) is 0 Å². The van der Waals surface area contributed by atoms with Crippen LogP contribution in [0.15, 0.2) is 53.4 Å². The maximum atomic E-state index is 13.1. The molecule has 0 unspecified atom stereocenters. The van der Waals surface area contributed by atoms with Gasteiger partial charge in [0.1, 0.15) is 5.41 Å². The van der Waals surface area contributed by atoms with Gasteiger partial charge in [-0.05, 0) is 41.8 Å². The lowest BCUT2D eigenvalue weighted by atomic mass is 9.99. The molecule has 1 aliphatic rings. The Balaban J connectivity index is 2.08. The van der Waals surface area contributed by atoms with Gasteiger partial charge in [-0.25, -0.2) is 8.42 Å². The van der Waals surface area contributed by atoms with E-state index in [0.29, 0.717) is 10.6 Å². The normalized spacial score (nSPS) is 25.0. The van der Waals surface area contributed by atoms with E-state index in [9.17, 15) is 23.4 Å². The largest absolute Gasteiger partial charge is 0.481 e. The summed E-state index contributed by atoms with van der Waals surface area (Å²) >= 11 is 5.81. The van der Waals surface area contributed by atoms with Crippen molar-refractivity contribution in [3.05, 3.63) is 64.7 Å². The molecule has 0 aliphatic heterocycles. The number of carbonyl (C=O) groups is 1. The number of aliphatic carboxylic acids is 1. The third kappa shape index (κ3) is 2.82. The van der Waals surface area contributed by atoms with E-state index in [2.05, 4.69) is 0 Å². The molecule has 2 aromatic rings. The Bertz CT molecular complexity index is 921. The lowest BCUT2D eigenvalue weighted by Gasteiger charge is -2.09. The van der Waals surface area contributed by atoms with Crippen molar-refractivity contribution in [2.45, 2.75) is 29.4 Å². The van der Waals surface area contributed by atoms with Crippen LogP contribution in [0.3, 0.4) is 0 Å². The number of sulfone groups is 1. The first-order valence-electron chi connectivity index (χ1n) is 8.21. The molecule has 3 rings (SSSR count). The molecule has 2 aromatic carbocycles. The van der Waals surface area contributed by atoms with E-state index >= 15 is 0 Å². The number of aliphatic hydroxyl groups excluding tert-OH is 1. The van der Waals surface area contributed by atoms with Gasteiger partial charge >= 0.3 is 5.97 Å². The first-order chi connectivity index (χ1) is 12.3. The lowest BCUT2D eigenvalue weighted by molar-refractivity contribution is -0.145. The maximum absolute atomic E-state index is 13.1. The van der Waals surface area contributed by atoms with Crippen LogP contribution in [-0.2, 0) is 21.1 Å². The second kappa shape index (κ2) is 6.68. The fourth-order valence-corrected chi connectivity index (χ4v) is 6.07. The monoisotopic (exact) mass is 394 g/mol. The summed E-state index contributed by atoms with van der Waals surface area (Å²) in [6.07, 6.45) is 0.821. The third-order valence-electron chi connectivity index (χ3n) is 5.14. The smallest absolute Gasteiger partial charge is 0.314 e. The molecule has 0 saturated heterocycles. The average Bonchev–Trinajstić information content (AvgIpc) is 3.34. The molecule has 26 heavy (non-hydrogen) atoms. The lowest BCUT2D eigenvalue weighted by Crippen LogP contribution is -2.27. The van der Waals surface area contributed by atoms with Gasteiger partial charge in [-0.15, -0.1) is 0 Å². The molecular formula is C19H19ClO5S. The molecule has 138 valence electrons. The Hall–Kier alpha value is -1.89. The van der Waals surface area contributed by atoms with E-state index in [-0.39, 0.29) is 4.90 Å². The first kappa shape index (κ1) is 18.9. The minimum atomic E-state index is -3.96. The fraction of sp³-hybridized carbons (Fsp3) is 0.316. The van der Waals surface area contributed by atoms with Gasteiger partial charge in [0.15, 0.2) is 9.84 Å². The summed E-state index contributed by atoms with van der Waals surface area (Å²) in [5.41, 5.74) is -0.0794. The van der Waals surface area contributed by atoms with Crippen molar-refractivity contribution in [3.8, 4) is 0 Å². The van der Waals surface area contributed by atoms with E-state index < -0.39 is 39.0 Å². The maximum Gasteiger partial charge on any atom is 0.314 e. The molecule has 0 radical (unpaired) electrons. The van der Waals surface area contributed by atoms with Crippen LogP contribution in [0.2, 0.25) is 5.02 Å². The number of aryl methyl sites for hydroxylation is 1. The molecule has 0 amide bonds. The second-order valence-electron chi connectivity index (χ2n) is 6.50. The van der Waals surface area contributed by atoms with Crippen LogP contribution in [0.1, 0.15) is 24.0 Å². The van der Waals surface area contributed by atoms with Gasteiger partial charge < -0.3 is 10.2 Å². The Morgan fingerprint density at radius 2 is 1.69 bits per heavy atom. The molecule has 0 bridgehead atoms. The zero-order chi connectivity index (χ0) is 19.1. The molecule has 1 fully saturated rings. The van der Waals surface area contributed by atoms with Gasteiger partial charge in [0.25, 0.3) is 0 Å². The summed E-state index contributed by atoms with van der Waals surface area (Å²) in [5, 5.41) is 18.7. The number of benzene rings is 2. The van der Waals surface area contributed by atoms with E-state index in [1.165, 1.54) is 24.3 Å². The number of halogens is 1. The summed E-state index contributed by atoms with van der Waals surface area (Å²) in [5.74, 6) is -2.12. The molecule has 1 saturated carbocycles. The van der Waals surface area contributed by atoms with Gasteiger partial charge in [-0.3, -0.25) is 4.79 Å². The molecule has 3 atom stereocenters. The number of hydrogen-bond acceptors (Lipinski definition) is 4. The van der Waals surface area contributed by atoms with Crippen molar-refractivity contribution in [2.75, 3.05) is 6.61 Å². The zero-order valence-electron chi connectivity index (χ0n) is 14.1. The van der Waals surface area contributed by atoms with Crippen LogP contribution in [0, 0.1) is 5.41 Å². The van der Waals surface area contributed by atoms with E-state index in [1.807, 2.05) is 19.1 Å². The summed E-state index contributed by atoms with van der Waals surface area (Å²) in [7, 11) is -3.96. The SMILES string of the molecule is CCc1ccc([C@H]2[C@@H](S(=O)(=O)c3ccc(Cl)cc3)[C@@]2(CO)C(=O)O)cc1. The van der Waals surface area contributed by atoms with Crippen LogP contribution in [0.4, 0.5) is 0 Å². The van der Waals surface area contributed by atoms with Crippen LogP contribution in [0.25, 0.3) is 0 Å². The van der Waals surface area contributed by atoms with Gasteiger partial charge in [0, 0.05) is 10.9 Å².